The van der Waals surface area contributed by atoms with E-state index in [4.69, 9.17) is 0 Å². The van der Waals surface area contributed by atoms with Crippen molar-refractivity contribution < 1.29 is 9.90 Å². The van der Waals surface area contributed by atoms with Gasteiger partial charge in [0.05, 0.1) is 0 Å². The third-order valence-electron chi connectivity index (χ3n) is 3.11. The summed E-state index contributed by atoms with van der Waals surface area (Å²) in [5.74, 6) is 5.70. The lowest BCUT2D eigenvalue weighted by molar-refractivity contribution is -0.112. The first kappa shape index (κ1) is 14.3. The number of ketones is 1. The first-order chi connectivity index (χ1) is 9.30. The summed E-state index contributed by atoms with van der Waals surface area (Å²) >= 11 is 0. The van der Waals surface area contributed by atoms with E-state index in [2.05, 4.69) is 11.8 Å². The number of hydrogen-bond donors (Lipinski definition) is 1. The minimum absolute atomic E-state index is 0.0660. The molecule has 0 fully saturated rings. The molecule has 2 nitrogen and oxygen atoms in total. The molecule has 0 aromatic heterocycles. The van der Waals surface area contributed by atoms with Crippen molar-refractivity contribution in [3.8, 4) is 11.8 Å². The summed E-state index contributed by atoms with van der Waals surface area (Å²) in [5.41, 5.74) is -0.279. The fourth-order valence-electron chi connectivity index (χ4n) is 1.99. The van der Waals surface area contributed by atoms with Crippen molar-refractivity contribution in [1.82, 2.24) is 0 Å². The lowest BCUT2D eigenvalue weighted by Crippen LogP contribution is -2.30. The Balaban J connectivity index is 2.36. The summed E-state index contributed by atoms with van der Waals surface area (Å²) in [6.45, 7) is 5.84. The Morgan fingerprint density at radius 3 is 2.40 bits per heavy atom. The number of aliphatic hydroxyl groups is 1. The van der Waals surface area contributed by atoms with Gasteiger partial charge in [0.1, 0.15) is 0 Å². The maximum absolute atomic E-state index is 11.9. The summed E-state index contributed by atoms with van der Waals surface area (Å²) in [4.78, 5) is 11.9. The topological polar surface area (TPSA) is 37.3 Å². The highest BCUT2D eigenvalue weighted by molar-refractivity contribution is 6.06. The van der Waals surface area contributed by atoms with E-state index in [-0.39, 0.29) is 11.2 Å². The quantitative estimate of drug-likeness (QED) is 0.733. The molecule has 0 radical (unpaired) electrons. The van der Waals surface area contributed by atoms with E-state index >= 15 is 0 Å². The summed E-state index contributed by atoms with van der Waals surface area (Å²) in [7, 11) is 0. The highest BCUT2D eigenvalue weighted by Gasteiger charge is 2.31. The maximum atomic E-state index is 11.9. The Morgan fingerprint density at radius 2 is 1.80 bits per heavy atom. The normalized spacial score (nSPS) is 22.0. The molecule has 1 aliphatic rings. The predicted molar refractivity (Wildman–Crippen MR) is 80.0 cm³/mol. The second-order valence-corrected chi connectivity index (χ2v) is 5.95. The van der Waals surface area contributed by atoms with Gasteiger partial charge in [0, 0.05) is 11.1 Å². The minimum atomic E-state index is -1.38. The molecule has 102 valence electrons. The smallest absolute Gasteiger partial charge is 0.182 e. The Morgan fingerprint density at radius 1 is 1.15 bits per heavy atom. The van der Waals surface area contributed by atoms with E-state index < -0.39 is 5.60 Å². The van der Waals surface area contributed by atoms with E-state index in [1.807, 2.05) is 51.1 Å². The zero-order valence-corrected chi connectivity index (χ0v) is 12.0. The van der Waals surface area contributed by atoms with Gasteiger partial charge in [0.25, 0.3) is 0 Å². The van der Waals surface area contributed by atoms with Gasteiger partial charge in [0.15, 0.2) is 11.4 Å². The van der Waals surface area contributed by atoms with E-state index in [0.29, 0.717) is 5.57 Å². The summed E-state index contributed by atoms with van der Waals surface area (Å²) in [6.07, 6.45) is 4.41. The molecule has 1 aromatic rings. The molecule has 0 amide bonds. The molecule has 1 unspecified atom stereocenters. The van der Waals surface area contributed by atoms with Gasteiger partial charge < -0.3 is 5.11 Å². The highest BCUT2D eigenvalue weighted by Crippen LogP contribution is 2.31. The van der Waals surface area contributed by atoms with E-state index in [0.717, 1.165) is 5.56 Å². The molecule has 1 aliphatic carbocycles. The van der Waals surface area contributed by atoms with Gasteiger partial charge in [0.2, 0.25) is 0 Å². The van der Waals surface area contributed by atoms with E-state index in [1.165, 1.54) is 12.2 Å². The van der Waals surface area contributed by atoms with Crippen LogP contribution >= 0.6 is 0 Å². The van der Waals surface area contributed by atoms with Crippen LogP contribution in [0.5, 0.6) is 0 Å². The van der Waals surface area contributed by atoms with Gasteiger partial charge in [-0.05, 0) is 35.8 Å². The molecule has 1 N–H and O–H groups in total. The highest BCUT2D eigenvalue weighted by atomic mass is 16.3. The molecule has 0 spiro atoms. The van der Waals surface area contributed by atoms with Gasteiger partial charge in [-0.1, -0.05) is 50.8 Å². The Kier molecular flexibility index (Phi) is 3.65. The Hall–Kier alpha value is -2.11. The van der Waals surface area contributed by atoms with E-state index in [1.54, 1.807) is 6.08 Å². The van der Waals surface area contributed by atoms with Crippen molar-refractivity contribution in [2.24, 2.45) is 5.41 Å². The number of benzene rings is 1. The van der Waals surface area contributed by atoms with Crippen LogP contribution in [-0.4, -0.2) is 16.5 Å². The average molecular weight is 266 g/mol. The van der Waals surface area contributed by atoms with Gasteiger partial charge in [-0.25, -0.2) is 0 Å². The second-order valence-electron chi connectivity index (χ2n) is 5.95. The third-order valence-corrected chi connectivity index (χ3v) is 3.11. The molecule has 0 heterocycles. The van der Waals surface area contributed by atoms with Crippen LogP contribution in [0.1, 0.15) is 26.3 Å². The average Bonchev–Trinajstić information content (AvgIpc) is 2.40. The predicted octanol–water partition coefficient (Wildman–Crippen LogP) is 2.88. The lowest BCUT2D eigenvalue weighted by atomic mass is 9.78. The van der Waals surface area contributed by atoms with Crippen molar-refractivity contribution in [3.63, 3.8) is 0 Å². The number of rotatable bonds is 0. The molecule has 0 saturated carbocycles. The van der Waals surface area contributed by atoms with Gasteiger partial charge in [-0.2, -0.15) is 0 Å². The van der Waals surface area contributed by atoms with Crippen LogP contribution in [0.2, 0.25) is 0 Å². The molecule has 0 saturated heterocycles. The zero-order chi connectivity index (χ0) is 14.8. The first-order valence-corrected chi connectivity index (χ1v) is 6.58. The number of carbonyl (C=O) groups is 1. The van der Waals surface area contributed by atoms with E-state index in [9.17, 15) is 9.90 Å². The molecule has 2 heteroatoms. The summed E-state index contributed by atoms with van der Waals surface area (Å²) in [6, 6.07) is 9.46. The SMILES string of the molecule is CC(C)(C)C1=CC(O)(C#Cc2ccccc2)C=CC1=O. The number of allylic oxidation sites excluding steroid dienone is 2. The van der Waals surface area contributed by atoms with Crippen LogP contribution in [0.4, 0.5) is 0 Å². The van der Waals surface area contributed by atoms with Crippen LogP contribution in [-0.2, 0) is 4.79 Å². The standard InChI is InChI=1S/C18H18O2/c1-17(2,3)15-13-18(20,12-10-16(15)19)11-9-14-7-5-4-6-8-14/h4-8,10,12-13,20H,1-3H3. The van der Waals surface area contributed by atoms with Crippen LogP contribution in [0.15, 0.2) is 54.1 Å². The minimum Gasteiger partial charge on any atom is -0.370 e. The Bertz CT molecular complexity index is 633. The number of carbonyl (C=O) groups excluding carboxylic acids is 1. The van der Waals surface area contributed by atoms with Crippen molar-refractivity contribution in [3.05, 3.63) is 59.7 Å². The van der Waals surface area contributed by atoms with Gasteiger partial charge in [-0.3, -0.25) is 4.79 Å². The molecule has 0 aliphatic heterocycles. The molecule has 1 aromatic carbocycles. The molecular formula is C18H18O2. The van der Waals surface area contributed by atoms with Crippen molar-refractivity contribution >= 4 is 5.78 Å². The van der Waals surface area contributed by atoms with Gasteiger partial charge >= 0.3 is 0 Å². The zero-order valence-electron chi connectivity index (χ0n) is 12.0. The van der Waals surface area contributed by atoms with Crippen molar-refractivity contribution in [2.75, 3.05) is 0 Å². The fourth-order valence-corrected chi connectivity index (χ4v) is 1.99. The first-order valence-electron chi connectivity index (χ1n) is 6.58. The van der Waals surface area contributed by atoms with Crippen LogP contribution in [0, 0.1) is 17.3 Å². The second kappa shape index (κ2) is 5.11. The molecular weight excluding hydrogens is 248 g/mol. The van der Waals surface area contributed by atoms with Crippen LogP contribution in [0.25, 0.3) is 0 Å². The van der Waals surface area contributed by atoms with Crippen molar-refractivity contribution in [2.45, 2.75) is 26.4 Å². The Labute approximate surface area is 119 Å². The van der Waals surface area contributed by atoms with Crippen LogP contribution in [0.3, 0.4) is 0 Å². The van der Waals surface area contributed by atoms with Crippen molar-refractivity contribution in [1.29, 1.82) is 0 Å². The maximum Gasteiger partial charge on any atom is 0.182 e. The molecule has 1 atom stereocenters. The summed E-state index contributed by atoms with van der Waals surface area (Å²) < 4.78 is 0. The fraction of sp³-hybridized carbons (Fsp3) is 0.278. The van der Waals surface area contributed by atoms with Crippen LogP contribution < -0.4 is 0 Å². The lowest BCUT2D eigenvalue weighted by Gasteiger charge is -2.27. The summed E-state index contributed by atoms with van der Waals surface area (Å²) in [5, 5.41) is 10.5. The molecule has 0 bridgehead atoms. The largest absolute Gasteiger partial charge is 0.370 e. The van der Waals surface area contributed by atoms with Gasteiger partial charge in [-0.15, -0.1) is 0 Å². The monoisotopic (exact) mass is 266 g/mol. The molecule has 20 heavy (non-hydrogen) atoms. The molecule has 2 rings (SSSR count). The number of hydrogen-bond acceptors (Lipinski definition) is 2. The third kappa shape index (κ3) is 3.26.